The molecule has 0 radical (unpaired) electrons. The second-order valence-corrected chi connectivity index (χ2v) is 9.88. The number of carbonyl (C=O) groups is 2. The van der Waals surface area contributed by atoms with E-state index < -0.39 is 27.9 Å². The number of amides is 2. The van der Waals surface area contributed by atoms with Gasteiger partial charge in [0.2, 0.25) is 27.8 Å². The van der Waals surface area contributed by atoms with E-state index in [1.807, 2.05) is 31.2 Å². The van der Waals surface area contributed by atoms with E-state index in [1.54, 1.807) is 12.1 Å². The van der Waals surface area contributed by atoms with Crippen molar-refractivity contribution in [1.82, 2.24) is 14.9 Å². The number of nitrogens with zero attached hydrogens (tertiary/aromatic N) is 2. The summed E-state index contributed by atoms with van der Waals surface area (Å²) in [5, 5.41) is 5.92. The first-order valence-corrected chi connectivity index (χ1v) is 12.6. The van der Waals surface area contributed by atoms with Gasteiger partial charge in [0.15, 0.2) is 0 Å². The van der Waals surface area contributed by atoms with Crippen molar-refractivity contribution in [3.05, 3.63) is 54.1 Å². The van der Waals surface area contributed by atoms with Crippen LogP contribution in [-0.4, -0.2) is 63.4 Å². The van der Waals surface area contributed by atoms with Crippen molar-refractivity contribution in [2.45, 2.75) is 30.7 Å². The topological polar surface area (TPSA) is 169 Å². The van der Waals surface area contributed by atoms with E-state index in [4.69, 9.17) is 16.3 Å². The Kier molecular flexibility index (Phi) is 8.66. The minimum Gasteiger partial charge on any atom is -0.391 e. The molecular formula is C23H30N6O5S. The maximum atomic E-state index is 12.9. The van der Waals surface area contributed by atoms with Gasteiger partial charge in [-0.05, 0) is 48.2 Å². The van der Waals surface area contributed by atoms with Gasteiger partial charge in [0, 0.05) is 6.54 Å². The minimum atomic E-state index is -3.93. The number of aryl methyl sites for hydroxylation is 1. The molecule has 1 atom stereocenters. The zero-order chi connectivity index (χ0) is 25.4. The van der Waals surface area contributed by atoms with Crippen molar-refractivity contribution in [2.75, 3.05) is 26.2 Å². The summed E-state index contributed by atoms with van der Waals surface area (Å²) in [6.07, 6.45) is 0.913. The van der Waals surface area contributed by atoms with Crippen molar-refractivity contribution in [1.29, 1.82) is 0 Å². The highest BCUT2D eigenvalue weighted by Crippen LogP contribution is 2.23. The SMILES string of the molecule is Cc1cccc(-c2ccc(S(=O)(=O)N[C@H]3CCCN(CC(=O)NCCON=C(N)N)C3=O)cc2)c1. The molecule has 1 aliphatic rings. The molecule has 6 N–H and O–H groups in total. The van der Waals surface area contributed by atoms with Crippen molar-refractivity contribution >= 4 is 27.8 Å². The number of nitrogens with two attached hydrogens (primary N) is 2. The predicted molar refractivity (Wildman–Crippen MR) is 131 cm³/mol. The molecular weight excluding hydrogens is 472 g/mol. The Bertz CT molecular complexity index is 1180. The average molecular weight is 503 g/mol. The van der Waals surface area contributed by atoms with Crippen LogP contribution in [0.15, 0.2) is 58.6 Å². The highest BCUT2D eigenvalue weighted by atomic mass is 32.2. The first-order valence-electron chi connectivity index (χ1n) is 11.1. The van der Waals surface area contributed by atoms with Crippen LogP contribution in [0.1, 0.15) is 18.4 Å². The van der Waals surface area contributed by atoms with Crippen molar-refractivity contribution in [3.63, 3.8) is 0 Å². The van der Waals surface area contributed by atoms with Crippen LogP contribution in [0.3, 0.4) is 0 Å². The van der Waals surface area contributed by atoms with Crippen LogP contribution in [0.2, 0.25) is 0 Å². The van der Waals surface area contributed by atoms with E-state index in [0.717, 1.165) is 16.7 Å². The Labute approximate surface area is 204 Å². The second kappa shape index (κ2) is 11.7. The molecule has 0 aromatic heterocycles. The Hall–Kier alpha value is -3.64. The maximum absolute atomic E-state index is 12.9. The van der Waals surface area contributed by atoms with Crippen molar-refractivity contribution < 1.29 is 22.8 Å². The summed E-state index contributed by atoms with van der Waals surface area (Å²) >= 11 is 0. The lowest BCUT2D eigenvalue weighted by Crippen LogP contribution is -2.54. The van der Waals surface area contributed by atoms with Crippen LogP contribution in [0.4, 0.5) is 0 Å². The highest BCUT2D eigenvalue weighted by Gasteiger charge is 2.33. The summed E-state index contributed by atoms with van der Waals surface area (Å²) in [4.78, 5) is 31.2. The lowest BCUT2D eigenvalue weighted by molar-refractivity contribution is -0.139. The number of oxime groups is 1. The lowest BCUT2D eigenvalue weighted by Gasteiger charge is -2.32. The number of sulfonamides is 1. The smallest absolute Gasteiger partial charge is 0.241 e. The summed E-state index contributed by atoms with van der Waals surface area (Å²) in [6, 6.07) is 13.5. The van der Waals surface area contributed by atoms with E-state index in [1.165, 1.54) is 17.0 Å². The normalized spacial score (nSPS) is 16.0. The molecule has 11 nitrogen and oxygen atoms in total. The summed E-state index contributed by atoms with van der Waals surface area (Å²) in [5.41, 5.74) is 13.2. The molecule has 3 rings (SSSR count). The van der Waals surface area contributed by atoms with Crippen LogP contribution in [0.5, 0.6) is 0 Å². The number of hydrogen-bond acceptors (Lipinski definition) is 6. The standard InChI is InChI=1S/C23H30N6O5S/c1-16-4-2-5-18(14-16)17-7-9-19(10-8-17)35(32,33)28-20-6-3-12-29(22(20)31)15-21(30)26-11-13-34-27-23(24)25/h2,4-5,7-10,14,20,28H,3,6,11-13,15H2,1H3,(H,26,30)(H4,24,25,27)/t20-/m0/s1. The number of carbonyl (C=O) groups excluding carboxylic acids is 2. The van der Waals surface area contributed by atoms with E-state index in [2.05, 4.69) is 15.2 Å². The fourth-order valence-electron chi connectivity index (χ4n) is 3.70. The molecule has 2 aromatic rings. The third-order valence-corrected chi connectivity index (χ3v) is 6.85. The molecule has 1 aliphatic heterocycles. The van der Waals surface area contributed by atoms with Crippen LogP contribution in [0, 0.1) is 6.92 Å². The number of hydrogen-bond donors (Lipinski definition) is 4. The molecule has 0 unspecified atom stereocenters. The zero-order valence-corrected chi connectivity index (χ0v) is 20.3. The third-order valence-electron chi connectivity index (χ3n) is 5.36. The largest absolute Gasteiger partial charge is 0.391 e. The summed E-state index contributed by atoms with van der Waals surface area (Å²) < 4.78 is 28.3. The molecule has 35 heavy (non-hydrogen) atoms. The Balaban J connectivity index is 1.57. The van der Waals surface area contributed by atoms with E-state index in [-0.39, 0.29) is 30.6 Å². The van der Waals surface area contributed by atoms with Gasteiger partial charge in [-0.15, -0.1) is 0 Å². The zero-order valence-electron chi connectivity index (χ0n) is 19.4. The highest BCUT2D eigenvalue weighted by molar-refractivity contribution is 7.89. The van der Waals surface area contributed by atoms with Gasteiger partial charge in [-0.1, -0.05) is 42.0 Å². The van der Waals surface area contributed by atoms with Gasteiger partial charge in [-0.25, -0.2) is 8.42 Å². The average Bonchev–Trinajstić information content (AvgIpc) is 2.81. The van der Waals surface area contributed by atoms with Gasteiger partial charge in [0.1, 0.15) is 12.6 Å². The minimum absolute atomic E-state index is 0.0582. The number of nitrogens with one attached hydrogen (secondary N) is 2. The molecule has 188 valence electrons. The van der Waals surface area contributed by atoms with Crippen molar-refractivity contribution in [2.24, 2.45) is 16.6 Å². The number of guanidine groups is 1. The molecule has 1 saturated heterocycles. The lowest BCUT2D eigenvalue weighted by atomic mass is 10.0. The quantitative estimate of drug-likeness (QED) is 0.156. The van der Waals surface area contributed by atoms with Crippen LogP contribution in [0.25, 0.3) is 11.1 Å². The molecule has 2 amide bonds. The van der Waals surface area contributed by atoms with Crippen LogP contribution >= 0.6 is 0 Å². The monoisotopic (exact) mass is 502 g/mol. The number of piperidine rings is 1. The van der Waals surface area contributed by atoms with Crippen molar-refractivity contribution in [3.8, 4) is 11.1 Å². The maximum Gasteiger partial charge on any atom is 0.241 e. The first-order chi connectivity index (χ1) is 16.7. The second-order valence-electron chi connectivity index (χ2n) is 8.17. The van der Waals surface area contributed by atoms with Gasteiger partial charge in [-0.3, -0.25) is 9.59 Å². The van der Waals surface area contributed by atoms with E-state index >= 15 is 0 Å². The Morgan fingerprint density at radius 2 is 1.91 bits per heavy atom. The fraction of sp³-hybridized carbons (Fsp3) is 0.348. The van der Waals surface area contributed by atoms with Crippen LogP contribution in [-0.2, 0) is 24.4 Å². The third kappa shape index (κ3) is 7.42. The number of likely N-dealkylation sites (tertiary alicyclic amines) is 1. The summed E-state index contributed by atoms with van der Waals surface area (Å²) in [6.45, 7) is 2.36. The van der Waals surface area contributed by atoms with E-state index in [9.17, 15) is 18.0 Å². The molecule has 0 aliphatic carbocycles. The van der Waals surface area contributed by atoms with Gasteiger partial charge in [-0.2, -0.15) is 4.72 Å². The molecule has 2 aromatic carbocycles. The Morgan fingerprint density at radius 3 is 2.60 bits per heavy atom. The van der Waals surface area contributed by atoms with Gasteiger partial charge >= 0.3 is 0 Å². The predicted octanol–water partition coefficient (Wildman–Crippen LogP) is 0.253. The number of rotatable bonds is 10. The molecule has 1 fully saturated rings. The first kappa shape index (κ1) is 26.0. The van der Waals surface area contributed by atoms with E-state index in [0.29, 0.717) is 19.4 Å². The van der Waals surface area contributed by atoms with Crippen LogP contribution < -0.4 is 21.5 Å². The number of benzene rings is 2. The van der Waals surface area contributed by atoms with Gasteiger partial charge < -0.3 is 26.5 Å². The molecule has 1 heterocycles. The summed E-state index contributed by atoms with van der Waals surface area (Å²) in [5.74, 6) is -1.07. The molecule has 0 spiro atoms. The van der Waals surface area contributed by atoms with Gasteiger partial charge in [0.25, 0.3) is 0 Å². The van der Waals surface area contributed by atoms with Gasteiger partial charge in [0.05, 0.1) is 18.0 Å². The fourth-order valence-corrected chi connectivity index (χ4v) is 4.92. The molecule has 0 saturated carbocycles. The molecule has 12 heteroatoms. The Morgan fingerprint density at radius 1 is 1.17 bits per heavy atom. The molecule has 0 bridgehead atoms. The summed E-state index contributed by atoms with van der Waals surface area (Å²) in [7, 11) is -3.93.